The maximum absolute atomic E-state index is 14.5. The van der Waals surface area contributed by atoms with Crippen LogP contribution in [-0.2, 0) is 0 Å². The van der Waals surface area contributed by atoms with E-state index in [9.17, 15) is 9.18 Å². The number of anilines is 2. The highest BCUT2D eigenvalue weighted by atomic mass is 19.1. The molecule has 2 N–H and O–H groups in total. The first kappa shape index (κ1) is 21.1. The second-order valence-corrected chi connectivity index (χ2v) is 8.12. The molecule has 9 nitrogen and oxygen atoms in total. The first-order valence-electron chi connectivity index (χ1n) is 10.7. The van der Waals surface area contributed by atoms with E-state index in [0.717, 1.165) is 30.6 Å². The lowest BCUT2D eigenvalue weighted by atomic mass is 10.1. The van der Waals surface area contributed by atoms with Crippen LogP contribution in [0.2, 0.25) is 0 Å². The number of carbonyl (C=O) groups is 1. The molecule has 1 aliphatic rings. The van der Waals surface area contributed by atoms with Crippen molar-refractivity contribution in [1.29, 1.82) is 0 Å². The number of aryl methyl sites for hydroxylation is 1. The number of ether oxygens (including phenoxy) is 1. The summed E-state index contributed by atoms with van der Waals surface area (Å²) in [7, 11) is 3.44. The van der Waals surface area contributed by atoms with Crippen molar-refractivity contribution < 1.29 is 13.9 Å². The number of hydrogen-bond acceptors (Lipinski definition) is 7. The first-order chi connectivity index (χ1) is 16.0. The van der Waals surface area contributed by atoms with Crippen molar-refractivity contribution in [3.63, 3.8) is 0 Å². The Balaban J connectivity index is 1.53. The van der Waals surface area contributed by atoms with Crippen LogP contribution in [-0.4, -0.2) is 58.5 Å². The predicted molar refractivity (Wildman–Crippen MR) is 124 cm³/mol. The van der Waals surface area contributed by atoms with Gasteiger partial charge in [-0.05, 0) is 32.5 Å². The van der Waals surface area contributed by atoms with Crippen LogP contribution in [0.1, 0.15) is 22.5 Å². The Morgan fingerprint density at radius 2 is 2.12 bits per heavy atom. The monoisotopic (exact) mass is 449 g/mol. The van der Waals surface area contributed by atoms with E-state index in [1.807, 2.05) is 13.1 Å². The minimum atomic E-state index is -0.516. The minimum absolute atomic E-state index is 0.171. The average molecular weight is 449 g/mol. The molecule has 0 aliphatic carbocycles. The largest absolute Gasteiger partial charge is 0.467 e. The maximum atomic E-state index is 14.5. The van der Waals surface area contributed by atoms with Crippen molar-refractivity contribution >= 4 is 33.8 Å². The number of likely N-dealkylation sites (N-methyl/N-ethyl adjacent to an activating group) is 1. The maximum Gasteiger partial charge on any atom is 0.316 e. The second-order valence-electron chi connectivity index (χ2n) is 8.12. The summed E-state index contributed by atoms with van der Waals surface area (Å²) < 4.78 is 21.2. The van der Waals surface area contributed by atoms with E-state index in [-0.39, 0.29) is 11.7 Å². The van der Waals surface area contributed by atoms with E-state index in [1.54, 1.807) is 36.0 Å². The van der Waals surface area contributed by atoms with Gasteiger partial charge < -0.3 is 24.7 Å². The number of halogens is 1. The van der Waals surface area contributed by atoms with Crippen LogP contribution >= 0.6 is 0 Å². The van der Waals surface area contributed by atoms with Crippen LogP contribution in [0, 0.1) is 12.7 Å². The van der Waals surface area contributed by atoms with Gasteiger partial charge in [0.25, 0.3) is 5.91 Å². The molecule has 4 aromatic rings. The molecule has 10 heteroatoms. The molecule has 0 bridgehead atoms. The van der Waals surface area contributed by atoms with Gasteiger partial charge in [-0.15, -0.1) is 0 Å². The molecule has 1 aromatic carbocycles. The summed E-state index contributed by atoms with van der Waals surface area (Å²) in [5.74, 6) is -0.921. The van der Waals surface area contributed by atoms with Crippen molar-refractivity contribution in [2.24, 2.45) is 0 Å². The van der Waals surface area contributed by atoms with Gasteiger partial charge in [-0.25, -0.2) is 14.4 Å². The number of benzene rings is 1. The minimum Gasteiger partial charge on any atom is -0.467 e. The van der Waals surface area contributed by atoms with Crippen molar-refractivity contribution in [1.82, 2.24) is 24.7 Å². The van der Waals surface area contributed by atoms with Crippen molar-refractivity contribution in [2.45, 2.75) is 19.4 Å². The molecule has 1 atom stereocenters. The number of rotatable bonds is 5. The van der Waals surface area contributed by atoms with Crippen LogP contribution in [0.25, 0.3) is 16.6 Å². The van der Waals surface area contributed by atoms with Crippen molar-refractivity contribution in [2.75, 3.05) is 37.5 Å². The third-order valence-corrected chi connectivity index (χ3v) is 5.95. The highest BCUT2D eigenvalue weighted by molar-refractivity contribution is 6.13. The van der Waals surface area contributed by atoms with Gasteiger partial charge in [-0.3, -0.25) is 4.79 Å². The fourth-order valence-electron chi connectivity index (χ4n) is 4.31. The average Bonchev–Trinajstić information content (AvgIpc) is 3.44. The molecule has 0 spiro atoms. The summed E-state index contributed by atoms with van der Waals surface area (Å²) in [6, 6.07) is 5.48. The molecule has 1 saturated heterocycles. The quantitative estimate of drug-likeness (QED) is 0.484. The van der Waals surface area contributed by atoms with Gasteiger partial charge in [-0.1, -0.05) is 0 Å². The summed E-state index contributed by atoms with van der Waals surface area (Å²) >= 11 is 0. The molecule has 3 aromatic heterocycles. The van der Waals surface area contributed by atoms with Gasteiger partial charge >= 0.3 is 6.01 Å². The molecule has 5 rings (SSSR count). The molecule has 1 aliphatic heterocycles. The van der Waals surface area contributed by atoms with Crippen LogP contribution in [0.3, 0.4) is 0 Å². The topological polar surface area (TPSA) is 96.7 Å². The lowest BCUT2D eigenvalue weighted by Gasteiger charge is -2.21. The number of carbonyl (C=O) groups excluding carboxylic acids is 1. The van der Waals surface area contributed by atoms with Gasteiger partial charge in [0.1, 0.15) is 0 Å². The zero-order chi connectivity index (χ0) is 23.1. The summed E-state index contributed by atoms with van der Waals surface area (Å²) in [6.07, 6.45) is 6.04. The smallest absolute Gasteiger partial charge is 0.316 e. The first-order valence-corrected chi connectivity index (χ1v) is 10.7. The molecular formula is C23H24FN7O2. The number of nitrogens with zero attached hydrogens (tertiary/aromatic N) is 5. The second kappa shape index (κ2) is 8.28. The lowest BCUT2D eigenvalue weighted by molar-refractivity contribution is 0.102. The van der Waals surface area contributed by atoms with E-state index in [1.165, 1.54) is 13.2 Å². The fraction of sp³-hybridized carbons (Fsp3) is 0.304. The van der Waals surface area contributed by atoms with E-state index in [0.29, 0.717) is 28.5 Å². The molecule has 4 heterocycles. The number of pyridine rings is 1. The molecule has 170 valence electrons. The summed E-state index contributed by atoms with van der Waals surface area (Å²) in [5.41, 5.74) is 3.00. The van der Waals surface area contributed by atoms with Gasteiger partial charge in [0.05, 0.1) is 29.6 Å². The predicted octanol–water partition coefficient (Wildman–Crippen LogP) is 2.78. The summed E-state index contributed by atoms with van der Waals surface area (Å²) in [4.78, 5) is 28.4. The molecule has 0 saturated carbocycles. The number of methoxy groups -OCH3 is 1. The third kappa shape index (κ3) is 3.82. The Kier molecular flexibility index (Phi) is 5.29. The number of aromatic nitrogens is 4. The third-order valence-electron chi connectivity index (χ3n) is 5.95. The SMILES string of the molecule is CN[C@H]1CCN(c2ccc(C(=O)Nc3cc(F)c4nc(C)cn4c3)c3nc(OC)ncc23)C1. The van der Waals surface area contributed by atoms with E-state index in [2.05, 4.69) is 30.5 Å². The van der Waals surface area contributed by atoms with Crippen LogP contribution in [0.5, 0.6) is 6.01 Å². The summed E-state index contributed by atoms with van der Waals surface area (Å²) in [5, 5.41) is 6.85. The van der Waals surface area contributed by atoms with Crippen LogP contribution < -0.4 is 20.3 Å². The standard InChI is InChI=1S/C23H24FN7O2/c1-13-10-31-12-15(8-18(24)21(31)27-13)28-22(32)16-4-5-19(30-7-6-14(11-30)25-2)17-9-26-23(33-3)29-20(16)17/h4-5,8-10,12,14,25H,6-7,11H2,1-3H3,(H,28,32)/t14-/m0/s1. The Bertz CT molecular complexity index is 1370. The normalized spacial score (nSPS) is 16.0. The Morgan fingerprint density at radius 1 is 1.27 bits per heavy atom. The van der Waals surface area contributed by atoms with Crippen molar-refractivity contribution in [3.05, 3.63) is 53.9 Å². The highest BCUT2D eigenvalue weighted by Gasteiger charge is 2.25. The van der Waals surface area contributed by atoms with Crippen LogP contribution in [0.15, 0.2) is 36.8 Å². The molecule has 1 fully saturated rings. The van der Waals surface area contributed by atoms with E-state index >= 15 is 0 Å². The van der Waals surface area contributed by atoms with E-state index < -0.39 is 11.7 Å². The number of hydrogen-bond donors (Lipinski definition) is 2. The number of nitrogens with one attached hydrogen (secondary N) is 2. The number of imidazole rings is 1. The number of fused-ring (bicyclic) bond motifs is 2. The molecule has 0 radical (unpaired) electrons. The molecule has 33 heavy (non-hydrogen) atoms. The van der Waals surface area contributed by atoms with Crippen molar-refractivity contribution in [3.8, 4) is 6.01 Å². The zero-order valence-electron chi connectivity index (χ0n) is 18.6. The van der Waals surface area contributed by atoms with Gasteiger partial charge in [-0.2, -0.15) is 4.98 Å². The zero-order valence-corrected chi connectivity index (χ0v) is 18.6. The Morgan fingerprint density at radius 3 is 2.88 bits per heavy atom. The molecule has 1 amide bonds. The van der Waals surface area contributed by atoms with Gasteiger partial charge in [0.15, 0.2) is 11.5 Å². The molecule has 0 unspecified atom stereocenters. The fourth-order valence-corrected chi connectivity index (χ4v) is 4.31. The Hall–Kier alpha value is -3.79. The lowest BCUT2D eigenvalue weighted by Crippen LogP contribution is -2.29. The highest BCUT2D eigenvalue weighted by Crippen LogP contribution is 2.32. The van der Waals surface area contributed by atoms with Gasteiger partial charge in [0.2, 0.25) is 0 Å². The number of amides is 1. The molecular weight excluding hydrogens is 425 g/mol. The van der Waals surface area contributed by atoms with Crippen LogP contribution in [0.4, 0.5) is 15.8 Å². The summed E-state index contributed by atoms with van der Waals surface area (Å²) in [6.45, 7) is 3.53. The van der Waals surface area contributed by atoms with Gasteiger partial charge in [0, 0.05) is 54.9 Å². The Labute approximate surface area is 189 Å². The van der Waals surface area contributed by atoms with E-state index in [4.69, 9.17) is 4.74 Å².